The maximum atomic E-state index is 10.7. The third-order valence-corrected chi connectivity index (χ3v) is 2.09. The van der Waals surface area contributed by atoms with Crippen molar-refractivity contribution in [1.82, 2.24) is 9.78 Å². The molecule has 1 aromatic carbocycles. The second kappa shape index (κ2) is 4.06. The van der Waals surface area contributed by atoms with Gasteiger partial charge in [-0.05, 0) is 19.1 Å². The number of carbonyl (C=O) groups is 1. The van der Waals surface area contributed by atoms with Crippen LogP contribution < -0.4 is 10.5 Å². The highest BCUT2D eigenvalue weighted by molar-refractivity contribution is 5.67. The van der Waals surface area contributed by atoms with Crippen LogP contribution in [0, 0.1) is 6.92 Å². The molecule has 5 nitrogen and oxygen atoms in total. The summed E-state index contributed by atoms with van der Waals surface area (Å²) in [5.74, 6) is 0.302. The molecule has 0 saturated heterocycles. The average Bonchev–Trinajstić information content (AvgIpc) is 2.66. The predicted octanol–water partition coefficient (Wildman–Crippen LogP) is 1.64. The van der Waals surface area contributed by atoms with Crippen LogP contribution in [0.15, 0.2) is 36.5 Å². The fraction of sp³-hybridized carbons (Fsp3) is 0.0909. The summed E-state index contributed by atoms with van der Waals surface area (Å²) >= 11 is 0. The lowest BCUT2D eigenvalue weighted by atomic mass is 10.2. The minimum absolute atomic E-state index is 0.302. The molecule has 1 amide bonds. The number of carbonyl (C=O) groups excluding carboxylic acids is 1. The summed E-state index contributed by atoms with van der Waals surface area (Å²) in [4.78, 5) is 10.7. The van der Waals surface area contributed by atoms with Gasteiger partial charge >= 0.3 is 6.09 Å². The first-order valence-corrected chi connectivity index (χ1v) is 4.75. The Morgan fingerprint density at radius 1 is 1.31 bits per heavy atom. The number of aryl methyl sites for hydroxylation is 1. The molecule has 0 fully saturated rings. The first-order valence-electron chi connectivity index (χ1n) is 4.75. The summed E-state index contributed by atoms with van der Waals surface area (Å²) in [7, 11) is 0. The predicted molar refractivity (Wildman–Crippen MR) is 58.5 cm³/mol. The number of primary amides is 1. The molecule has 1 aromatic heterocycles. The molecule has 2 N–H and O–H groups in total. The summed E-state index contributed by atoms with van der Waals surface area (Å²) in [6.07, 6.45) is 0.687. The lowest BCUT2D eigenvalue weighted by Gasteiger charge is -2.06. The van der Waals surface area contributed by atoms with E-state index in [1.165, 1.54) is 10.9 Å². The van der Waals surface area contributed by atoms with Crippen LogP contribution in [-0.4, -0.2) is 15.9 Å². The molecule has 0 aliphatic heterocycles. The van der Waals surface area contributed by atoms with Gasteiger partial charge in [-0.15, -0.1) is 0 Å². The van der Waals surface area contributed by atoms with Crippen molar-refractivity contribution in [3.63, 3.8) is 0 Å². The van der Waals surface area contributed by atoms with Gasteiger partial charge in [0.15, 0.2) is 0 Å². The molecule has 0 saturated carbocycles. The van der Waals surface area contributed by atoms with Gasteiger partial charge in [-0.25, -0.2) is 9.48 Å². The van der Waals surface area contributed by atoms with Gasteiger partial charge in [0.1, 0.15) is 0 Å². The van der Waals surface area contributed by atoms with Gasteiger partial charge in [0.25, 0.3) is 0 Å². The molecule has 2 aromatic rings. The van der Waals surface area contributed by atoms with Crippen molar-refractivity contribution >= 4 is 6.09 Å². The Morgan fingerprint density at radius 2 is 2.00 bits per heavy atom. The SMILES string of the molecule is Cc1ccc(-n2nccc2OC(N)=O)cc1. The Hall–Kier alpha value is -2.30. The fourth-order valence-corrected chi connectivity index (χ4v) is 1.35. The maximum Gasteiger partial charge on any atom is 0.411 e. The topological polar surface area (TPSA) is 70.1 Å². The fourth-order valence-electron chi connectivity index (χ4n) is 1.35. The van der Waals surface area contributed by atoms with E-state index in [-0.39, 0.29) is 0 Å². The molecule has 0 atom stereocenters. The van der Waals surface area contributed by atoms with E-state index in [1.807, 2.05) is 31.2 Å². The van der Waals surface area contributed by atoms with Gasteiger partial charge in [0.05, 0.1) is 11.9 Å². The Labute approximate surface area is 92.4 Å². The molecule has 82 valence electrons. The van der Waals surface area contributed by atoms with Crippen molar-refractivity contribution in [2.45, 2.75) is 6.92 Å². The number of hydrogen-bond donors (Lipinski definition) is 1. The van der Waals surface area contributed by atoms with Gasteiger partial charge in [-0.2, -0.15) is 5.10 Å². The zero-order valence-corrected chi connectivity index (χ0v) is 8.75. The normalized spacial score (nSPS) is 10.1. The molecule has 0 aliphatic rings. The summed E-state index contributed by atoms with van der Waals surface area (Å²) in [6, 6.07) is 9.24. The van der Waals surface area contributed by atoms with Gasteiger partial charge in [-0.3, -0.25) is 0 Å². The zero-order valence-electron chi connectivity index (χ0n) is 8.75. The van der Waals surface area contributed by atoms with E-state index in [2.05, 4.69) is 5.10 Å². The monoisotopic (exact) mass is 217 g/mol. The Bertz CT molecular complexity index is 502. The van der Waals surface area contributed by atoms with Gasteiger partial charge < -0.3 is 10.5 Å². The number of nitrogens with zero attached hydrogens (tertiary/aromatic N) is 2. The number of aromatic nitrogens is 2. The van der Waals surface area contributed by atoms with Crippen LogP contribution in [0.4, 0.5) is 4.79 Å². The molecule has 1 heterocycles. The number of rotatable bonds is 2. The van der Waals surface area contributed by atoms with Gasteiger partial charge in [-0.1, -0.05) is 17.7 Å². The van der Waals surface area contributed by atoms with E-state index >= 15 is 0 Å². The van der Waals surface area contributed by atoms with E-state index in [0.717, 1.165) is 11.3 Å². The lowest BCUT2D eigenvalue weighted by molar-refractivity contribution is 0.207. The number of ether oxygens (including phenoxy) is 1. The van der Waals surface area contributed by atoms with E-state index < -0.39 is 6.09 Å². The van der Waals surface area contributed by atoms with E-state index in [0.29, 0.717) is 5.88 Å². The summed E-state index contributed by atoms with van der Waals surface area (Å²) in [5.41, 5.74) is 6.91. The Balaban J connectivity index is 2.36. The van der Waals surface area contributed by atoms with Crippen LogP contribution >= 0.6 is 0 Å². The second-order valence-corrected chi connectivity index (χ2v) is 3.34. The highest BCUT2D eigenvalue weighted by atomic mass is 16.6. The van der Waals surface area contributed by atoms with Crippen LogP contribution in [-0.2, 0) is 0 Å². The van der Waals surface area contributed by atoms with Crippen molar-refractivity contribution in [1.29, 1.82) is 0 Å². The highest BCUT2D eigenvalue weighted by Gasteiger charge is 2.07. The number of amides is 1. The molecular formula is C11H11N3O2. The molecule has 16 heavy (non-hydrogen) atoms. The quantitative estimate of drug-likeness (QED) is 0.831. The average molecular weight is 217 g/mol. The summed E-state index contributed by atoms with van der Waals surface area (Å²) in [6.45, 7) is 1.99. The van der Waals surface area contributed by atoms with Gasteiger partial charge in [0.2, 0.25) is 5.88 Å². The molecule has 5 heteroatoms. The second-order valence-electron chi connectivity index (χ2n) is 3.34. The van der Waals surface area contributed by atoms with Crippen molar-refractivity contribution in [2.24, 2.45) is 5.73 Å². The van der Waals surface area contributed by atoms with Crippen LogP contribution in [0.25, 0.3) is 5.69 Å². The minimum atomic E-state index is -0.853. The molecule has 0 spiro atoms. The van der Waals surface area contributed by atoms with E-state index in [9.17, 15) is 4.79 Å². The molecule has 0 aliphatic carbocycles. The molecule has 0 bridgehead atoms. The standard InChI is InChI=1S/C11H11N3O2/c1-8-2-4-9(5-3-8)14-10(6-7-13-14)16-11(12)15/h2-7H,1H3,(H2,12,15). The Morgan fingerprint density at radius 3 is 2.62 bits per heavy atom. The highest BCUT2D eigenvalue weighted by Crippen LogP contribution is 2.17. The number of nitrogens with two attached hydrogens (primary N) is 1. The minimum Gasteiger partial charge on any atom is -0.391 e. The van der Waals surface area contributed by atoms with Crippen molar-refractivity contribution in [2.75, 3.05) is 0 Å². The van der Waals surface area contributed by atoms with Crippen LogP contribution in [0.1, 0.15) is 5.56 Å². The number of benzene rings is 1. The lowest BCUT2D eigenvalue weighted by Crippen LogP contribution is -2.18. The van der Waals surface area contributed by atoms with Gasteiger partial charge in [0, 0.05) is 6.07 Å². The van der Waals surface area contributed by atoms with E-state index in [4.69, 9.17) is 10.5 Å². The first kappa shape index (κ1) is 10.2. The van der Waals surface area contributed by atoms with Crippen molar-refractivity contribution in [3.05, 3.63) is 42.1 Å². The number of hydrogen-bond acceptors (Lipinski definition) is 3. The van der Waals surface area contributed by atoms with Crippen LogP contribution in [0.5, 0.6) is 5.88 Å². The third-order valence-electron chi connectivity index (χ3n) is 2.09. The molecule has 0 unspecified atom stereocenters. The van der Waals surface area contributed by atoms with Crippen LogP contribution in [0.2, 0.25) is 0 Å². The molecule has 0 radical (unpaired) electrons. The third kappa shape index (κ3) is 2.03. The van der Waals surface area contributed by atoms with Crippen molar-refractivity contribution in [3.8, 4) is 11.6 Å². The van der Waals surface area contributed by atoms with E-state index in [1.54, 1.807) is 6.07 Å². The van der Waals surface area contributed by atoms with Crippen molar-refractivity contribution < 1.29 is 9.53 Å². The zero-order chi connectivity index (χ0) is 11.5. The molecule has 2 rings (SSSR count). The van der Waals surface area contributed by atoms with Crippen LogP contribution in [0.3, 0.4) is 0 Å². The Kier molecular flexibility index (Phi) is 2.59. The smallest absolute Gasteiger partial charge is 0.391 e. The maximum absolute atomic E-state index is 10.7. The molecular weight excluding hydrogens is 206 g/mol. The first-order chi connectivity index (χ1) is 7.66. The largest absolute Gasteiger partial charge is 0.411 e. The summed E-state index contributed by atoms with van der Waals surface area (Å²) < 4.78 is 6.31. The summed E-state index contributed by atoms with van der Waals surface area (Å²) in [5, 5.41) is 4.05.